The Labute approximate surface area is 144 Å². The normalized spacial score (nSPS) is 33.9. The number of halogens is 3. The molecule has 0 aromatic rings. The molecule has 2 bridgehead atoms. The van der Waals surface area contributed by atoms with E-state index in [-0.39, 0.29) is 57.4 Å². The SMILES string of the molecule is CN(C[B-](F)(F)F)C1CC2CCC(C1)N2C.[K+]. The molecule has 2 nitrogen and oxygen atoms in total. The minimum Gasteiger partial charge on any atom is -0.448 e. The second-order valence-electron chi connectivity index (χ2n) is 5.33. The zero-order valence-electron chi connectivity index (χ0n) is 10.9. The molecule has 7 heteroatoms. The fraction of sp³-hybridized carbons (Fsp3) is 1.00. The Kier molecular flexibility index (Phi) is 6.04. The molecule has 2 aliphatic rings. The quantitative estimate of drug-likeness (QED) is 0.605. The molecule has 0 aromatic heterocycles. The van der Waals surface area contributed by atoms with Crippen molar-refractivity contribution in [2.24, 2.45) is 0 Å². The standard InChI is InChI=1S/C10H19BF3N2.K/c1-15(7-11(12,13)14)10-5-8-3-4-9(6-10)16(8)2;/h8-10H,3-7H2,1-2H3;/q-1;+1. The van der Waals surface area contributed by atoms with Gasteiger partial charge in [-0.2, -0.15) is 0 Å². The van der Waals surface area contributed by atoms with Gasteiger partial charge in [0.05, 0.1) is 0 Å². The molecule has 2 rings (SSSR count). The zero-order chi connectivity index (χ0) is 11.9. The molecule has 2 heterocycles. The van der Waals surface area contributed by atoms with Crippen LogP contribution < -0.4 is 51.4 Å². The average Bonchev–Trinajstić information content (AvgIpc) is 2.38. The Morgan fingerprint density at radius 3 is 2.06 bits per heavy atom. The van der Waals surface area contributed by atoms with Gasteiger partial charge in [0.15, 0.2) is 0 Å². The maximum absolute atomic E-state index is 12.4. The number of hydrogen-bond donors (Lipinski definition) is 0. The van der Waals surface area contributed by atoms with Crippen LogP contribution in [0.15, 0.2) is 0 Å². The Bertz CT molecular complexity index is 250. The summed E-state index contributed by atoms with van der Waals surface area (Å²) in [6, 6.07) is 1.14. The van der Waals surface area contributed by atoms with Gasteiger partial charge < -0.3 is 22.7 Å². The number of nitrogens with zero attached hydrogens (tertiary/aromatic N) is 2. The second kappa shape index (κ2) is 6.24. The van der Waals surface area contributed by atoms with Gasteiger partial charge in [0.25, 0.3) is 0 Å². The van der Waals surface area contributed by atoms with Gasteiger partial charge in [0.1, 0.15) is 0 Å². The molecule has 0 amide bonds. The van der Waals surface area contributed by atoms with Crippen molar-refractivity contribution >= 4 is 6.98 Å². The van der Waals surface area contributed by atoms with E-state index in [1.54, 1.807) is 7.05 Å². The minimum atomic E-state index is -4.68. The summed E-state index contributed by atoms with van der Waals surface area (Å²) in [6.45, 7) is -4.68. The van der Waals surface area contributed by atoms with Crippen molar-refractivity contribution in [3.8, 4) is 0 Å². The van der Waals surface area contributed by atoms with E-state index in [0.29, 0.717) is 12.1 Å². The van der Waals surface area contributed by atoms with Crippen LogP contribution in [0.1, 0.15) is 25.7 Å². The summed E-state index contributed by atoms with van der Waals surface area (Å²) in [6.07, 6.45) is 3.39. The maximum Gasteiger partial charge on any atom is 1.00 e. The van der Waals surface area contributed by atoms with E-state index in [1.807, 2.05) is 0 Å². The van der Waals surface area contributed by atoms with E-state index in [2.05, 4.69) is 11.9 Å². The molecule has 0 spiro atoms. The first-order valence-corrected chi connectivity index (χ1v) is 6.00. The van der Waals surface area contributed by atoms with E-state index in [1.165, 1.54) is 4.90 Å². The Hall–Kier alpha value is 1.41. The number of fused-ring (bicyclic) bond motifs is 2. The molecule has 0 saturated carbocycles. The van der Waals surface area contributed by atoms with Crippen LogP contribution in [0.2, 0.25) is 0 Å². The van der Waals surface area contributed by atoms with E-state index >= 15 is 0 Å². The molecule has 2 fully saturated rings. The average molecular weight is 274 g/mol. The summed E-state index contributed by atoms with van der Waals surface area (Å²) in [7, 11) is 3.72. The molecule has 2 atom stereocenters. The van der Waals surface area contributed by atoms with Gasteiger partial charge in [0.2, 0.25) is 0 Å². The van der Waals surface area contributed by atoms with Crippen LogP contribution >= 0.6 is 0 Å². The molecule has 0 radical (unpaired) electrons. The zero-order valence-corrected chi connectivity index (χ0v) is 14.0. The van der Waals surface area contributed by atoms with Crippen LogP contribution in [0.4, 0.5) is 12.9 Å². The van der Waals surface area contributed by atoms with E-state index in [0.717, 1.165) is 25.7 Å². The predicted molar refractivity (Wildman–Crippen MR) is 59.3 cm³/mol. The first-order valence-electron chi connectivity index (χ1n) is 6.00. The molecule has 2 aliphatic heterocycles. The fourth-order valence-electron chi connectivity index (χ4n) is 3.22. The van der Waals surface area contributed by atoms with E-state index in [9.17, 15) is 12.9 Å². The smallest absolute Gasteiger partial charge is 0.448 e. The second-order valence-corrected chi connectivity index (χ2v) is 5.33. The summed E-state index contributed by atoms with van der Waals surface area (Å²) in [5.41, 5.74) is 0. The van der Waals surface area contributed by atoms with Crippen molar-refractivity contribution in [2.45, 2.75) is 43.8 Å². The third kappa shape index (κ3) is 4.19. The molecule has 0 N–H and O–H groups in total. The van der Waals surface area contributed by atoms with Crippen molar-refractivity contribution < 1.29 is 64.3 Å². The first kappa shape index (κ1) is 16.5. The largest absolute Gasteiger partial charge is 1.00 e. The summed E-state index contributed by atoms with van der Waals surface area (Å²) in [4.78, 5) is 3.86. The van der Waals surface area contributed by atoms with Crippen molar-refractivity contribution in [1.29, 1.82) is 0 Å². The molecule has 2 unspecified atom stereocenters. The van der Waals surface area contributed by atoms with Crippen molar-refractivity contribution in [3.05, 3.63) is 0 Å². The monoisotopic (exact) mass is 274 g/mol. The van der Waals surface area contributed by atoms with Crippen LogP contribution in [0, 0.1) is 0 Å². The molecular formula is C10H19BF3KN2. The van der Waals surface area contributed by atoms with Crippen molar-refractivity contribution in [1.82, 2.24) is 9.80 Å². The number of piperidine rings is 1. The summed E-state index contributed by atoms with van der Waals surface area (Å²) < 4.78 is 37.1. The molecule has 0 aromatic carbocycles. The van der Waals surface area contributed by atoms with Gasteiger partial charge in [-0.25, -0.2) is 0 Å². The minimum absolute atomic E-state index is 0. The molecule has 94 valence electrons. The molecule has 0 aliphatic carbocycles. The van der Waals surface area contributed by atoms with E-state index in [4.69, 9.17) is 0 Å². The van der Waals surface area contributed by atoms with Gasteiger partial charge >= 0.3 is 58.4 Å². The van der Waals surface area contributed by atoms with Crippen molar-refractivity contribution in [2.75, 3.05) is 20.5 Å². The predicted octanol–water partition coefficient (Wildman–Crippen LogP) is -1.07. The van der Waals surface area contributed by atoms with Crippen LogP contribution in [0.3, 0.4) is 0 Å². The Morgan fingerprint density at radius 1 is 1.18 bits per heavy atom. The Balaban J connectivity index is 0.00000144. The van der Waals surface area contributed by atoms with Gasteiger partial charge in [-0.1, -0.05) is 0 Å². The van der Waals surface area contributed by atoms with Crippen molar-refractivity contribution in [3.63, 3.8) is 0 Å². The van der Waals surface area contributed by atoms with Gasteiger partial charge in [-0.3, -0.25) is 0 Å². The summed E-state index contributed by atoms with van der Waals surface area (Å²) in [5, 5.41) is 0. The van der Waals surface area contributed by atoms with Gasteiger partial charge in [-0.15, -0.1) is 0 Å². The molecule has 17 heavy (non-hydrogen) atoms. The van der Waals surface area contributed by atoms with Crippen LogP contribution in [-0.2, 0) is 0 Å². The molecule has 2 saturated heterocycles. The first-order chi connectivity index (χ1) is 7.37. The number of rotatable bonds is 3. The third-order valence-corrected chi connectivity index (χ3v) is 4.19. The molecular weight excluding hydrogens is 255 g/mol. The fourth-order valence-corrected chi connectivity index (χ4v) is 3.22. The third-order valence-electron chi connectivity index (χ3n) is 4.19. The van der Waals surface area contributed by atoms with E-state index < -0.39 is 13.4 Å². The maximum atomic E-state index is 12.4. The van der Waals surface area contributed by atoms with Crippen LogP contribution in [-0.4, -0.2) is 55.4 Å². The van der Waals surface area contributed by atoms with Gasteiger partial charge in [0, 0.05) is 18.1 Å². The Morgan fingerprint density at radius 2 is 1.65 bits per heavy atom. The summed E-state index contributed by atoms with van der Waals surface area (Å²) >= 11 is 0. The summed E-state index contributed by atoms with van der Waals surface area (Å²) in [5.74, 6) is 0. The topological polar surface area (TPSA) is 6.48 Å². The van der Waals surface area contributed by atoms with Crippen LogP contribution in [0.25, 0.3) is 0 Å². The van der Waals surface area contributed by atoms with Crippen LogP contribution in [0.5, 0.6) is 0 Å². The number of hydrogen-bond acceptors (Lipinski definition) is 2. The van der Waals surface area contributed by atoms with Gasteiger partial charge in [-0.05, 0) is 46.2 Å².